The Morgan fingerprint density at radius 1 is 1.19 bits per heavy atom. The molecule has 1 unspecified atom stereocenters. The molecule has 26 heavy (non-hydrogen) atoms. The third-order valence-electron chi connectivity index (χ3n) is 3.80. The van der Waals surface area contributed by atoms with Gasteiger partial charge in [0.05, 0.1) is 6.04 Å². The average molecular weight is 369 g/mol. The highest BCUT2D eigenvalue weighted by Crippen LogP contribution is 2.23. The Hall–Kier alpha value is -2.77. The molecule has 1 N–H and O–H groups in total. The average Bonchev–Trinajstić information content (AvgIpc) is 2.64. The van der Waals surface area contributed by atoms with Crippen molar-refractivity contribution in [3.8, 4) is 11.8 Å². The van der Waals surface area contributed by atoms with Crippen LogP contribution in [-0.4, -0.2) is 12.5 Å². The van der Waals surface area contributed by atoms with Gasteiger partial charge in [-0.15, -0.1) is 0 Å². The first-order valence-corrected chi connectivity index (χ1v) is 8.71. The first kappa shape index (κ1) is 19.6. The van der Waals surface area contributed by atoms with Crippen LogP contribution in [0.2, 0.25) is 5.02 Å². The van der Waals surface area contributed by atoms with Crippen LogP contribution in [0.15, 0.2) is 54.6 Å². The van der Waals surface area contributed by atoms with Gasteiger partial charge in [-0.3, -0.25) is 4.79 Å². The summed E-state index contributed by atoms with van der Waals surface area (Å²) in [6.07, 6.45) is 3.25. The van der Waals surface area contributed by atoms with Gasteiger partial charge >= 0.3 is 0 Å². The van der Waals surface area contributed by atoms with E-state index < -0.39 is 0 Å². The number of hydrogen-bond acceptors (Lipinski definition) is 3. The summed E-state index contributed by atoms with van der Waals surface area (Å²) in [7, 11) is 0. The topological polar surface area (TPSA) is 62.1 Å². The SMILES string of the molecule is CC(C)C(NC(=O)/C=C/c1ccc(OCC#N)cc1)c1ccc(Cl)cc1. The van der Waals surface area contributed by atoms with Crippen molar-refractivity contribution in [2.45, 2.75) is 19.9 Å². The quantitative estimate of drug-likeness (QED) is 0.716. The number of nitriles is 1. The number of ether oxygens (including phenoxy) is 1. The molecule has 0 aliphatic heterocycles. The molecule has 0 saturated heterocycles. The van der Waals surface area contributed by atoms with Crippen LogP contribution < -0.4 is 10.1 Å². The largest absolute Gasteiger partial charge is 0.479 e. The maximum absolute atomic E-state index is 12.3. The van der Waals surface area contributed by atoms with E-state index in [1.165, 1.54) is 6.08 Å². The van der Waals surface area contributed by atoms with Crippen LogP contribution in [0, 0.1) is 17.2 Å². The van der Waals surface area contributed by atoms with Gasteiger partial charge in [0.25, 0.3) is 0 Å². The van der Waals surface area contributed by atoms with Crippen LogP contribution in [0.5, 0.6) is 5.75 Å². The number of halogens is 1. The third kappa shape index (κ3) is 5.94. The number of rotatable bonds is 7. The van der Waals surface area contributed by atoms with Crippen molar-refractivity contribution >= 4 is 23.6 Å². The lowest BCUT2D eigenvalue weighted by atomic mass is 9.96. The van der Waals surface area contributed by atoms with E-state index in [1.54, 1.807) is 18.2 Å². The molecule has 0 aromatic heterocycles. The first-order valence-electron chi connectivity index (χ1n) is 8.33. The highest BCUT2D eigenvalue weighted by Gasteiger charge is 2.17. The van der Waals surface area contributed by atoms with Gasteiger partial charge in [-0.05, 0) is 47.4 Å². The third-order valence-corrected chi connectivity index (χ3v) is 4.06. The lowest BCUT2D eigenvalue weighted by Gasteiger charge is -2.22. The second-order valence-corrected chi connectivity index (χ2v) is 6.57. The van der Waals surface area contributed by atoms with Crippen LogP contribution in [0.25, 0.3) is 6.08 Å². The van der Waals surface area contributed by atoms with E-state index >= 15 is 0 Å². The Labute approximate surface area is 159 Å². The van der Waals surface area contributed by atoms with Gasteiger partial charge in [0.1, 0.15) is 11.8 Å². The van der Waals surface area contributed by atoms with Crippen LogP contribution in [-0.2, 0) is 4.79 Å². The fourth-order valence-corrected chi connectivity index (χ4v) is 2.60. The van der Waals surface area contributed by atoms with E-state index in [-0.39, 0.29) is 24.5 Å². The summed E-state index contributed by atoms with van der Waals surface area (Å²) in [5.74, 6) is 0.698. The van der Waals surface area contributed by atoms with E-state index in [0.717, 1.165) is 11.1 Å². The number of nitrogens with zero attached hydrogens (tertiary/aromatic N) is 1. The van der Waals surface area contributed by atoms with E-state index in [9.17, 15) is 4.79 Å². The fourth-order valence-electron chi connectivity index (χ4n) is 2.47. The number of nitrogens with one attached hydrogen (secondary N) is 1. The molecular formula is C21H21ClN2O2. The van der Waals surface area contributed by atoms with Gasteiger partial charge in [-0.25, -0.2) is 0 Å². The number of hydrogen-bond donors (Lipinski definition) is 1. The second-order valence-electron chi connectivity index (χ2n) is 6.13. The summed E-state index contributed by atoms with van der Waals surface area (Å²) in [6.45, 7) is 4.13. The maximum atomic E-state index is 12.3. The summed E-state index contributed by atoms with van der Waals surface area (Å²) in [4.78, 5) is 12.3. The van der Waals surface area contributed by atoms with E-state index in [2.05, 4.69) is 19.2 Å². The molecule has 134 valence electrons. The van der Waals surface area contributed by atoms with Crippen molar-refractivity contribution in [2.75, 3.05) is 6.61 Å². The van der Waals surface area contributed by atoms with Gasteiger partial charge in [0, 0.05) is 11.1 Å². The molecule has 2 aromatic carbocycles. The van der Waals surface area contributed by atoms with Crippen molar-refractivity contribution < 1.29 is 9.53 Å². The van der Waals surface area contributed by atoms with Gasteiger partial charge in [0.2, 0.25) is 5.91 Å². The van der Waals surface area contributed by atoms with E-state index in [1.807, 2.05) is 42.5 Å². The molecule has 0 radical (unpaired) electrons. The summed E-state index contributed by atoms with van der Waals surface area (Å²) in [5, 5.41) is 12.2. The van der Waals surface area contributed by atoms with Gasteiger partial charge in [-0.2, -0.15) is 5.26 Å². The molecule has 5 heteroatoms. The molecule has 1 atom stereocenters. The molecule has 0 saturated carbocycles. The van der Waals surface area contributed by atoms with Crippen LogP contribution in [0.3, 0.4) is 0 Å². The molecule has 4 nitrogen and oxygen atoms in total. The number of benzene rings is 2. The molecule has 2 aromatic rings. The van der Waals surface area contributed by atoms with Crippen molar-refractivity contribution in [3.63, 3.8) is 0 Å². The lowest BCUT2D eigenvalue weighted by Crippen LogP contribution is -2.30. The Bertz CT molecular complexity index is 790. The van der Waals surface area contributed by atoms with Gasteiger partial charge in [0.15, 0.2) is 6.61 Å². The molecule has 0 bridgehead atoms. The summed E-state index contributed by atoms with van der Waals surface area (Å²) in [6, 6.07) is 16.5. The van der Waals surface area contributed by atoms with Gasteiger partial charge in [-0.1, -0.05) is 49.7 Å². The van der Waals surface area contributed by atoms with Crippen molar-refractivity contribution in [2.24, 2.45) is 5.92 Å². The Kier molecular flexibility index (Phi) is 7.25. The minimum Gasteiger partial charge on any atom is -0.479 e. The Morgan fingerprint density at radius 2 is 1.85 bits per heavy atom. The fraction of sp³-hybridized carbons (Fsp3) is 0.238. The van der Waals surface area contributed by atoms with Crippen molar-refractivity contribution in [1.29, 1.82) is 5.26 Å². The predicted molar refractivity (Wildman–Crippen MR) is 104 cm³/mol. The molecule has 1 amide bonds. The smallest absolute Gasteiger partial charge is 0.244 e. The zero-order valence-electron chi connectivity index (χ0n) is 14.8. The summed E-state index contributed by atoms with van der Waals surface area (Å²) >= 11 is 5.94. The van der Waals surface area contributed by atoms with Crippen molar-refractivity contribution in [1.82, 2.24) is 5.32 Å². The predicted octanol–water partition coefficient (Wildman–Crippen LogP) is 4.77. The molecule has 0 spiro atoms. The van der Waals surface area contributed by atoms with Crippen molar-refractivity contribution in [3.05, 3.63) is 70.8 Å². The standard InChI is InChI=1S/C21H21ClN2O2/c1-15(2)21(17-6-8-18(22)9-7-17)24-20(25)12-5-16-3-10-19(11-4-16)26-14-13-23/h3-12,15,21H,14H2,1-2H3,(H,24,25)/b12-5+. The van der Waals surface area contributed by atoms with E-state index in [4.69, 9.17) is 21.6 Å². The Balaban J connectivity index is 2.00. The van der Waals surface area contributed by atoms with E-state index in [0.29, 0.717) is 10.8 Å². The minimum atomic E-state index is -0.163. The zero-order chi connectivity index (χ0) is 18.9. The summed E-state index contributed by atoms with van der Waals surface area (Å²) in [5.41, 5.74) is 1.89. The summed E-state index contributed by atoms with van der Waals surface area (Å²) < 4.78 is 5.20. The molecule has 0 heterocycles. The zero-order valence-corrected chi connectivity index (χ0v) is 15.5. The first-order chi connectivity index (χ1) is 12.5. The molecule has 0 aliphatic rings. The number of amides is 1. The monoisotopic (exact) mass is 368 g/mol. The number of carbonyl (C=O) groups is 1. The maximum Gasteiger partial charge on any atom is 0.244 e. The van der Waals surface area contributed by atoms with Crippen LogP contribution >= 0.6 is 11.6 Å². The van der Waals surface area contributed by atoms with Crippen LogP contribution in [0.4, 0.5) is 0 Å². The second kappa shape index (κ2) is 9.65. The number of carbonyl (C=O) groups excluding carboxylic acids is 1. The molecular weight excluding hydrogens is 348 g/mol. The van der Waals surface area contributed by atoms with Gasteiger partial charge < -0.3 is 10.1 Å². The Morgan fingerprint density at radius 3 is 2.42 bits per heavy atom. The minimum absolute atomic E-state index is 0.0128. The van der Waals surface area contributed by atoms with Crippen LogP contribution in [0.1, 0.15) is 31.0 Å². The highest BCUT2D eigenvalue weighted by atomic mass is 35.5. The lowest BCUT2D eigenvalue weighted by molar-refractivity contribution is -0.117. The molecule has 0 fully saturated rings. The molecule has 2 rings (SSSR count). The highest BCUT2D eigenvalue weighted by molar-refractivity contribution is 6.30. The normalized spacial score (nSPS) is 12.0. The molecule has 0 aliphatic carbocycles.